The molecule has 1 aromatic heterocycles. The van der Waals surface area contributed by atoms with Crippen LogP contribution in [0, 0.1) is 0 Å². The zero-order valence-corrected chi connectivity index (χ0v) is 11.1. The van der Waals surface area contributed by atoms with Crippen molar-refractivity contribution < 1.29 is 4.74 Å². The molecule has 0 atom stereocenters. The molecule has 0 spiro atoms. The lowest BCUT2D eigenvalue weighted by Gasteiger charge is -2.03. The molecule has 0 saturated carbocycles. The zero-order chi connectivity index (χ0) is 11.5. The quantitative estimate of drug-likeness (QED) is 0.943. The van der Waals surface area contributed by atoms with Gasteiger partial charge in [-0.2, -0.15) is 0 Å². The number of rotatable bonds is 3. The van der Waals surface area contributed by atoms with E-state index in [4.69, 9.17) is 22.1 Å². The predicted octanol–water partition coefficient (Wildman–Crippen LogP) is 3.21. The molecule has 0 aliphatic rings. The Morgan fingerprint density at radius 1 is 1.44 bits per heavy atom. The zero-order valence-electron chi connectivity index (χ0n) is 7.98. The number of hydrogen-bond donors (Lipinski definition) is 1. The maximum atomic E-state index is 5.82. The fraction of sp³-hybridized carbons (Fsp3) is 0.111. The molecule has 4 nitrogen and oxygen atoms in total. The monoisotopic (exact) mass is 319 g/mol. The molecule has 0 aliphatic carbocycles. The first-order valence-electron chi connectivity index (χ1n) is 4.34. The summed E-state index contributed by atoms with van der Waals surface area (Å²) in [5, 5.41) is 9.55. The van der Waals surface area contributed by atoms with Gasteiger partial charge in [-0.3, -0.25) is 0 Å². The van der Waals surface area contributed by atoms with Crippen LogP contribution in [0.25, 0.3) is 0 Å². The van der Waals surface area contributed by atoms with Gasteiger partial charge in [0.2, 0.25) is 0 Å². The molecular weight excluding hydrogens is 314 g/mol. The summed E-state index contributed by atoms with van der Waals surface area (Å²) in [4.78, 5) is 0. The highest BCUT2D eigenvalue weighted by molar-refractivity contribution is 9.10. The normalized spacial score (nSPS) is 10.4. The average Bonchev–Trinajstić information content (AvgIpc) is 2.70. The first kappa shape index (κ1) is 11.8. The van der Waals surface area contributed by atoms with Crippen molar-refractivity contribution in [3.05, 3.63) is 32.7 Å². The maximum absolute atomic E-state index is 5.82. The Hall–Kier alpha value is -0.690. The molecule has 1 heterocycles. The lowest BCUT2D eigenvalue weighted by Crippen LogP contribution is -1.94. The van der Waals surface area contributed by atoms with Crippen molar-refractivity contribution in [2.75, 3.05) is 0 Å². The lowest BCUT2D eigenvalue weighted by atomic mass is 10.3. The van der Waals surface area contributed by atoms with Gasteiger partial charge in [-0.05, 0) is 34.1 Å². The maximum Gasteiger partial charge on any atom is 0.299 e. The highest BCUT2D eigenvalue weighted by Crippen LogP contribution is 2.32. The van der Waals surface area contributed by atoms with E-state index in [1.54, 1.807) is 18.2 Å². The topological polar surface area (TPSA) is 61.0 Å². The molecule has 84 valence electrons. The van der Waals surface area contributed by atoms with E-state index in [-0.39, 0.29) is 0 Å². The summed E-state index contributed by atoms with van der Waals surface area (Å²) in [7, 11) is 0. The SMILES string of the molecule is NCc1nnc(Oc2ccc(Cl)cc2Br)s1. The van der Waals surface area contributed by atoms with Crippen molar-refractivity contribution in [3.8, 4) is 10.9 Å². The number of halogens is 2. The van der Waals surface area contributed by atoms with Crippen LogP contribution in [0.2, 0.25) is 5.02 Å². The summed E-state index contributed by atoms with van der Waals surface area (Å²) in [5.74, 6) is 0.643. The molecular formula is C9H7BrClN3OS. The second-order valence-electron chi connectivity index (χ2n) is 2.84. The van der Waals surface area contributed by atoms with Crippen molar-refractivity contribution in [2.24, 2.45) is 5.73 Å². The van der Waals surface area contributed by atoms with Crippen molar-refractivity contribution in [3.63, 3.8) is 0 Å². The Balaban J connectivity index is 2.20. The molecule has 2 N–H and O–H groups in total. The fourth-order valence-electron chi connectivity index (χ4n) is 1.01. The Bertz CT molecular complexity index is 505. The second-order valence-corrected chi connectivity index (χ2v) is 5.16. The largest absolute Gasteiger partial charge is 0.429 e. The first-order chi connectivity index (χ1) is 7.69. The van der Waals surface area contributed by atoms with Crippen molar-refractivity contribution in [1.82, 2.24) is 10.2 Å². The summed E-state index contributed by atoms with van der Waals surface area (Å²) < 4.78 is 6.30. The van der Waals surface area contributed by atoms with Gasteiger partial charge in [-0.15, -0.1) is 5.10 Å². The lowest BCUT2D eigenvalue weighted by molar-refractivity contribution is 0.470. The second kappa shape index (κ2) is 5.09. The molecule has 0 amide bonds. The van der Waals surface area contributed by atoms with Crippen LogP contribution < -0.4 is 10.5 Å². The van der Waals surface area contributed by atoms with E-state index in [9.17, 15) is 0 Å². The minimum absolute atomic E-state index is 0.364. The van der Waals surface area contributed by atoms with E-state index >= 15 is 0 Å². The van der Waals surface area contributed by atoms with E-state index in [0.29, 0.717) is 22.5 Å². The summed E-state index contributed by atoms with van der Waals surface area (Å²) in [6.07, 6.45) is 0. The number of aromatic nitrogens is 2. The van der Waals surface area contributed by atoms with E-state index in [2.05, 4.69) is 26.1 Å². The van der Waals surface area contributed by atoms with Gasteiger partial charge in [0.15, 0.2) is 0 Å². The van der Waals surface area contributed by atoms with Gasteiger partial charge in [0.25, 0.3) is 5.19 Å². The first-order valence-corrected chi connectivity index (χ1v) is 6.33. The molecule has 1 aromatic carbocycles. The van der Waals surface area contributed by atoms with Crippen LogP contribution in [0.1, 0.15) is 5.01 Å². The van der Waals surface area contributed by atoms with Crippen molar-refractivity contribution >= 4 is 38.9 Å². The molecule has 2 rings (SSSR count). The van der Waals surface area contributed by atoms with Gasteiger partial charge in [0.05, 0.1) is 4.47 Å². The number of nitrogens with two attached hydrogens (primary N) is 1. The molecule has 0 fully saturated rings. The van der Waals surface area contributed by atoms with Crippen LogP contribution in [-0.2, 0) is 6.54 Å². The standard InChI is InChI=1S/C9H7BrClN3OS/c10-6-3-5(11)1-2-7(6)15-9-14-13-8(4-12)16-9/h1-3H,4,12H2. The minimum Gasteiger partial charge on any atom is -0.429 e. The molecule has 0 aliphatic heterocycles. The van der Waals surface area contributed by atoms with Crippen LogP contribution in [0.15, 0.2) is 22.7 Å². The van der Waals surface area contributed by atoms with E-state index in [0.717, 1.165) is 9.48 Å². The van der Waals surface area contributed by atoms with Crippen LogP contribution in [0.4, 0.5) is 0 Å². The van der Waals surface area contributed by atoms with Gasteiger partial charge < -0.3 is 10.5 Å². The van der Waals surface area contributed by atoms with Gasteiger partial charge in [-0.1, -0.05) is 28.0 Å². The molecule has 7 heteroatoms. The summed E-state index contributed by atoms with van der Waals surface area (Å²) in [5.41, 5.74) is 5.43. The van der Waals surface area contributed by atoms with Crippen molar-refractivity contribution in [2.45, 2.75) is 6.54 Å². The van der Waals surface area contributed by atoms with E-state index in [1.165, 1.54) is 11.3 Å². The molecule has 0 saturated heterocycles. The molecule has 0 unspecified atom stereocenters. The third-order valence-electron chi connectivity index (χ3n) is 1.71. The highest BCUT2D eigenvalue weighted by Gasteiger charge is 2.08. The summed E-state index contributed by atoms with van der Waals surface area (Å²) >= 11 is 10.5. The van der Waals surface area contributed by atoms with Gasteiger partial charge in [0.1, 0.15) is 10.8 Å². The summed E-state index contributed by atoms with van der Waals surface area (Å²) in [6.45, 7) is 0.364. The van der Waals surface area contributed by atoms with Gasteiger partial charge in [-0.25, -0.2) is 0 Å². The Labute approximate surface area is 110 Å². The van der Waals surface area contributed by atoms with E-state index in [1.807, 2.05) is 0 Å². The Morgan fingerprint density at radius 3 is 2.88 bits per heavy atom. The Kier molecular flexibility index (Phi) is 3.75. The van der Waals surface area contributed by atoms with Crippen molar-refractivity contribution in [1.29, 1.82) is 0 Å². The van der Waals surface area contributed by atoms with Crippen LogP contribution >= 0.6 is 38.9 Å². The van der Waals surface area contributed by atoms with Gasteiger partial charge >= 0.3 is 0 Å². The third kappa shape index (κ3) is 2.70. The van der Waals surface area contributed by atoms with Crippen LogP contribution in [0.5, 0.6) is 10.9 Å². The molecule has 0 radical (unpaired) electrons. The number of hydrogen-bond acceptors (Lipinski definition) is 5. The predicted molar refractivity (Wildman–Crippen MR) is 67.0 cm³/mol. The minimum atomic E-state index is 0.364. The molecule has 2 aromatic rings. The number of nitrogens with zero attached hydrogens (tertiary/aromatic N) is 2. The van der Waals surface area contributed by atoms with Crippen LogP contribution in [0.3, 0.4) is 0 Å². The third-order valence-corrected chi connectivity index (χ3v) is 3.39. The Morgan fingerprint density at radius 2 is 2.25 bits per heavy atom. The number of ether oxygens (including phenoxy) is 1. The van der Waals surface area contributed by atoms with E-state index < -0.39 is 0 Å². The fourth-order valence-corrected chi connectivity index (χ4v) is 2.36. The average molecular weight is 321 g/mol. The van der Waals surface area contributed by atoms with Gasteiger partial charge in [0, 0.05) is 11.6 Å². The number of benzene rings is 1. The molecule has 0 bridgehead atoms. The summed E-state index contributed by atoms with van der Waals surface area (Å²) in [6, 6.07) is 5.25. The highest BCUT2D eigenvalue weighted by atomic mass is 79.9. The molecule has 16 heavy (non-hydrogen) atoms. The van der Waals surface area contributed by atoms with Crippen LogP contribution in [-0.4, -0.2) is 10.2 Å². The smallest absolute Gasteiger partial charge is 0.299 e.